The number of nitrogens with zero attached hydrogens (tertiary/aromatic N) is 2. The van der Waals surface area contributed by atoms with E-state index in [2.05, 4.69) is 9.98 Å². The third kappa shape index (κ3) is 4.66. The molecular formula is C18H20F3N3O3. The minimum absolute atomic E-state index is 0.00761. The van der Waals surface area contributed by atoms with E-state index in [1.807, 2.05) is 6.92 Å². The van der Waals surface area contributed by atoms with Gasteiger partial charge in [0.1, 0.15) is 5.56 Å². The van der Waals surface area contributed by atoms with Crippen molar-refractivity contribution in [3.63, 3.8) is 0 Å². The maximum absolute atomic E-state index is 12.9. The molecule has 0 atom stereocenters. The number of aromatic hydroxyl groups is 1. The summed E-state index contributed by atoms with van der Waals surface area (Å²) >= 11 is 0. The van der Waals surface area contributed by atoms with E-state index in [0.29, 0.717) is 6.42 Å². The molecule has 27 heavy (non-hydrogen) atoms. The zero-order valence-electron chi connectivity index (χ0n) is 14.9. The van der Waals surface area contributed by atoms with E-state index in [9.17, 15) is 27.9 Å². The molecule has 0 aliphatic heterocycles. The van der Waals surface area contributed by atoms with Crippen molar-refractivity contribution >= 4 is 11.4 Å². The number of H-pyrrole nitrogens is 1. The highest BCUT2D eigenvalue weighted by atomic mass is 19.4. The SMILES string of the molecule is CCCCn1c(O)c(C(CC)=Nc2cccc(C(F)(F)F)c2)c(=O)[nH]c1=O. The molecule has 1 aromatic carbocycles. The molecule has 2 N–H and O–H groups in total. The smallest absolute Gasteiger partial charge is 0.416 e. The lowest BCUT2D eigenvalue weighted by Gasteiger charge is -2.12. The Balaban J connectivity index is 2.60. The first kappa shape index (κ1) is 20.5. The van der Waals surface area contributed by atoms with Crippen LogP contribution in [0.4, 0.5) is 18.9 Å². The highest BCUT2D eigenvalue weighted by molar-refractivity contribution is 6.03. The number of nitrogens with one attached hydrogen (secondary N) is 1. The summed E-state index contributed by atoms with van der Waals surface area (Å²) in [6.45, 7) is 3.75. The molecule has 0 bridgehead atoms. The summed E-state index contributed by atoms with van der Waals surface area (Å²) < 4.78 is 39.6. The maximum atomic E-state index is 12.9. The zero-order valence-corrected chi connectivity index (χ0v) is 14.9. The fourth-order valence-electron chi connectivity index (χ4n) is 2.56. The molecule has 0 radical (unpaired) electrons. The van der Waals surface area contributed by atoms with Crippen LogP contribution in [-0.2, 0) is 12.7 Å². The van der Waals surface area contributed by atoms with E-state index in [0.717, 1.165) is 23.1 Å². The lowest BCUT2D eigenvalue weighted by Crippen LogP contribution is -2.34. The Morgan fingerprint density at radius 1 is 1.26 bits per heavy atom. The Bertz CT molecular complexity index is 959. The summed E-state index contributed by atoms with van der Waals surface area (Å²) in [5, 5.41) is 10.4. The molecule has 0 aliphatic rings. The lowest BCUT2D eigenvalue weighted by molar-refractivity contribution is -0.137. The largest absolute Gasteiger partial charge is 0.494 e. The highest BCUT2D eigenvalue weighted by Crippen LogP contribution is 2.31. The van der Waals surface area contributed by atoms with Crippen molar-refractivity contribution in [2.75, 3.05) is 0 Å². The second-order valence-electron chi connectivity index (χ2n) is 5.92. The van der Waals surface area contributed by atoms with Crippen LogP contribution in [0.3, 0.4) is 0 Å². The van der Waals surface area contributed by atoms with Gasteiger partial charge in [-0.25, -0.2) is 4.79 Å². The molecule has 1 aromatic heterocycles. The van der Waals surface area contributed by atoms with E-state index >= 15 is 0 Å². The van der Waals surface area contributed by atoms with E-state index < -0.39 is 28.9 Å². The minimum atomic E-state index is -4.52. The van der Waals surface area contributed by atoms with Crippen molar-refractivity contribution in [2.24, 2.45) is 4.99 Å². The molecule has 0 aliphatic carbocycles. The number of hydrogen-bond donors (Lipinski definition) is 2. The number of benzene rings is 1. The van der Waals surface area contributed by atoms with Crippen molar-refractivity contribution in [2.45, 2.75) is 45.8 Å². The Labute approximate surface area is 153 Å². The van der Waals surface area contributed by atoms with Gasteiger partial charge in [0, 0.05) is 6.54 Å². The Hall–Kier alpha value is -2.84. The van der Waals surface area contributed by atoms with Gasteiger partial charge in [-0.15, -0.1) is 0 Å². The summed E-state index contributed by atoms with van der Waals surface area (Å²) in [6.07, 6.45) is -2.99. The van der Waals surface area contributed by atoms with Crippen LogP contribution in [0.1, 0.15) is 44.2 Å². The lowest BCUT2D eigenvalue weighted by atomic mass is 10.1. The number of aliphatic imine (C=N–C) groups is 1. The number of alkyl halides is 3. The van der Waals surface area contributed by atoms with E-state index in [-0.39, 0.29) is 29.9 Å². The van der Waals surface area contributed by atoms with Gasteiger partial charge in [-0.05, 0) is 31.0 Å². The van der Waals surface area contributed by atoms with Gasteiger partial charge in [0.05, 0.1) is 17.0 Å². The molecule has 0 fully saturated rings. The third-order valence-electron chi connectivity index (χ3n) is 3.97. The number of halogens is 3. The van der Waals surface area contributed by atoms with Crippen molar-refractivity contribution < 1.29 is 18.3 Å². The molecule has 0 saturated carbocycles. The normalized spacial score (nSPS) is 12.4. The standard InChI is InChI=1S/C18H20F3N3O3/c1-3-5-9-24-16(26)14(15(25)23-17(24)27)13(4-2)22-12-8-6-7-11(10-12)18(19,20)21/h6-8,10,26H,3-5,9H2,1-2H3,(H,23,25,27). The van der Waals surface area contributed by atoms with Crippen LogP contribution in [0.25, 0.3) is 0 Å². The van der Waals surface area contributed by atoms with Gasteiger partial charge in [-0.3, -0.25) is 19.3 Å². The molecule has 0 amide bonds. The molecule has 0 spiro atoms. The average molecular weight is 383 g/mol. The van der Waals surface area contributed by atoms with Gasteiger partial charge < -0.3 is 5.11 Å². The minimum Gasteiger partial charge on any atom is -0.494 e. The fourth-order valence-corrected chi connectivity index (χ4v) is 2.56. The summed E-state index contributed by atoms with van der Waals surface area (Å²) in [4.78, 5) is 30.4. The highest BCUT2D eigenvalue weighted by Gasteiger charge is 2.30. The predicted molar refractivity (Wildman–Crippen MR) is 95.8 cm³/mol. The number of rotatable bonds is 6. The molecule has 146 valence electrons. The van der Waals surface area contributed by atoms with Crippen LogP contribution < -0.4 is 11.2 Å². The van der Waals surface area contributed by atoms with Crippen LogP contribution in [0.5, 0.6) is 5.88 Å². The fraction of sp³-hybridized carbons (Fsp3) is 0.389. The number of hydrogen-bond acceptors (Lipinski definition) is 4. The molecule has 9 heteroatoms. The first-order chi connectivity index (χ1) is 12.7. The van der Waals surface area contributed by atoms with Gasteiger partial charge in [-0.2, -0.15) is 13.2 Å². The average Bonchev–Trinajstić information content (AvgIpc) is 2.60. The molecule has 0 unspecified atom stereocenters. The predicted octanol–water partition coefficient (Wildman–Crippen LogP) is 3.59. The van der Waals surface area contributed by atoms with Crippen molar-refractivity contribution in [3.8, 4) is 5.88 Å². The molecule has 6 nitrogen and oxygen atoms in total. The van der Waals surface area contributed by atoms with Crippen molar-refractivity contribution in [1.29, 1.82) is 0 Å². The second kappa shape index (κ2) is 8.24. The molecular weight excluding hydrogens is 363 g/mol. The topological polar surface area (TPSA) is 87.4 Å². The quantitative estimate of drug-likeness (QED) is 0.748. The van der Waals surface area contributed by atoms with Gasteiger partial charge >= 0.3 is 11.9 Å². The number of aromatic amines is 1. The van der Waals surface area contributed by atoms with E-state index in [4.69, 9.17) is 0 Å². The molecule has 0 saturated heterocycles. The zero-order chi connectivity index (χ0) is 20.2. The number of aromatic nitrogens is 2. The summed E-state index contributed by atoms with van der Waals surface area (Å²) in [5.74, 6) is -0.537. The summed E-state index contributed by atoms with van der Waals surface area (Å²) in [7, 11) is 0. The Kier molecular flexibility index (Phi) is 6.24. The molecule has 1 heterocycles. The third-order valence-corrected chi connectivity index (χ3v) is 3.97. The summed E-state index contributed by atoms with van der Waals surface area (Å²) in [5.41, 5.74) is -2.59. The second-order valence-corrected chi connectivity index (χ2v) is 5.92. The number of unbranched alkanes of at least 4 members (excludes halogenated alkanes) is 1. The van der Waals surface area contributed by atoms with Gasteiger partial charge in [0.15, 0.2) is 0 Å². The van der Waals surface area contributed by atoms with E-state index in [1.54, 1.807) is 6.92 Å². The van der Waals surface area contributed by atoms with Crippen LogP contribution in [0.15, 0.2) is 38.8 Å². The summed E-state index contributed by atoms with van der Waals surface area (Å²) in [6, 6.07) is 4.35. The maximum Gasteiger partial charge on any atom is 0.416 e. The monoisotopic (exact) mass is 383 g/mol. The van der Waals surface area contributed by atoms with Crippen LogP contribution >= 0.6 is 0 Å². The van der Waals surface area contributed by atoms with Crippen LogP contribution in [-0.4, -0.2) is 20.4 Å². The molecule has 2 rings (SSSR count). The van der Waals surface area contributed by atoms with Crippen molar-refractivity contribution in [1.82, 2.24) is 9.55 Å². The Morgan fingerprint density at radius 3 is 2.56 bits per heavy atom. The van der Waals surface area contributed by atoms with Crippen LogP contribution in [0.2, 0.25) is 0 Å². The molecule has 2 aromatic rings. The van der Waals surface area contributed by atoms with Gasteiger partial charge in [-0.1, -0.05) is 26.3 Å². The van der Waals surface area contributed by atoms with E-state index in [1.165, 1.54) is 12.1 Å². The first-order valence-corrected chi connectivity index (χ1v) is 8.50. The van der Waals surface area contributed by atoms with Crippen molar-refractivity contribution in [3.05, 3.63) is 56.2 Å². The van der Waals surface area contributed by atoms with Crippen LogP contribution in [0, 0.1) is 0 Å². The Morgan fingerprint density at radius 2 is 1.96 bits per heavy atom. The van der Waals surface area contributed by atoms with Gasteiger partial charge in [0.2, 0.25) is 5.88 Å². The first-order valence-electron chi connectivity index (χ1n) is 8.50. The van der Waals surface area contributed by atoms with Gasteiger partial charge in [0.25, 0.3) is 5.56 Å².